The van der Waals surface area contributed by atoms with Crippen LogP contribution in [0.1, 0.15) is 103 Å². The molecule has 1 fully saturated rings. The van der Waals surface area contributed by atoms with Crippen LogP contribution < -0.4 is 0 Å². The molecular formula is C18H35NO. The fourth-order valence-corrected chi connectivity index (χ4v) is 3.39. The van der Waals surface area contributed by atoms with E-state index in [2.05, 4.69) is 12.1 Å². The van der Waals surface area contributed by atoms with Gasteiger partial charge in [-0.25, -0.2) is 0 Å². The predicted molar refractivity (Wildman–Crippen MR) is 87.6 cm³/mol. The summed E-state index contributed by atoms with van der Waals surface area (Å²) >= 11 is 0. The molecule has 1 atom stereocenters. The zero-order chi connectivity index (χ0) is 14.5. The van der Waals surface area contributed by atoms with Crippen molar-refractivity contribution in [2.24, 2.45) is 11.1 Å². The summed E-state index contributed by atoms with van der Waals surface area (Å²) in [5, 5.41) is 12.5. The van der Waals surface area contributed by atoms with Gasteiger partial charge in [0.15, 0.2) is 0 Å². The van der Waals surface area contributed by atoms with Crippen LogP contribution in [0, 0.1) is 5.92 Å². The van der Waals surface area contributed by atoms with Gasteiger partial charge in [-0.2, -0.15) is 0 Å². The fraction of sp³-hybridized carbons (Fsp3) is 0.944. The molecule has 2 nitrogen and oxygen atoms in total. The zero-order valence-corrected chi connectivity index (χ0v) is 13.6. The molecule has 0 bridgehead atoms. The maximum atomic E-state index is 9.01. The van der Waals surface area contributed by atoms with Gasteiger partial charge in [-0.1, -0.05) is 82.7 Å². The van der Waals surface area contributed by atoms with Gasteiger partial charge in [0.2, 0.25) is 0 Å². The highest BCUT2D eigenvalue weighted by Gasteiger charge is 2.20. The second kappa shape index (κ2) is 12.2. The third kappa shape index (κ3) is 7.91. The maximum Gasteiger partial charge on any atom is 0.0601 e. The zero-order valence-electron chi connectivity index (χ0n) is 13.6. The third-order valence-corrected chi connectivity index (χ3v) is 4.74. The molecule has 20 heavy (non-hydrogen) atoms. The summed E-state index contributed by atoms with van der Waals surface area (Å²) in [7, 11) is 0. The lowest BCUT2D eigenvalue weighted by Gasteiger charge is -2.22. The van der Waals surface area contributed by atoms with Crippen LogP contribution >= 0.6 is 0 Å². The van der Waals surface area contributed by atoms with E-state index in [1.807, 2.05) is 0 Å². The van der Waals surface area contributed by atoms with Crippen molar-refractivity contribution in [3.63, 3.8) is 0 Å². The van der Waals surface area contributed by atoms with Crippen LogP contribution in [0.4, 0.5) is 0 Å². The van der Waals surface area contributed by atoms with Crippen LogP contribution in [0.3, 0.4) is 0 Å². The molecule has 1 N–H and O–H groups in total. The van der Waals surface area contributed by atoms with E-state index in [0.29, 0.717) is 5.92 Å². The Kier molecular flexibility index (Phi) is 10.7. The van der Waals surface area contributed by atoms with E-state index < -0.39 is 0 Å². The summed E-state index contributed by atoms with van der Waals surface area (Å²) in [6.45, 7) is 2.28. The van der Waals surface area contributed by atoms with E-state index in [0.717, 1.165) is 12.1 Å². The highest BCUT2D eigenvalue weighted by molar-refractivity contribution is 5.86. The van der Waals surface area contributed by atoms with Crippen molar-refractivity contribution in [3.05, 3.63) is 0 Å². The van der Waals surface area contributed by atoms with Crippen molar-refractivity contribution >= 4 is 5.71 Å². The van der Waals surface area contributed by atoms with Gasteiger partial charge >= 0.3 is 0 Å². The first-order chi connectivity index (χ1) is 9.88. The standard InChI is InChI=1S/C18H35NO/c1-2-3-4-5-6-7-8-9-10-11-14-17-15-12-13-16-18(17)19-20/h17,20H,2-16H2,1H3. The molecule has 1 aliphatic rings. The van der Waals surface area contributed by atoms with E-state index in [4.69, 9.17) is 5.21 Å². The van der Waals surface area contributed by atoms with E-state index in [-0.39, 0.29) is 0 Å². The minimum absolute atomic E-state index is 0.586. The van der Waals surface area contributed by atoms with Gasteiger partial charge < -0.3 is 5.21 Å². The Morgan fingerprint density at radius 2 is 1.50 bits per heavy atom. The van der Waals surface area contributed by atoms with Crippen molar-refractivity contribution in [2.45, 2.75) is 103 Å². The molecule has 1 saturated carbocycles. The van der Waals surface area contributed by atoms with Gasteiger partial charge in [-0.05, 0) is 25.7 Å². The van der Waals surface area contributed by atoms with Crippen molar-refractivity contribution in [2.75, 3.05) is 0 Å². The molecule has 118 valence electrons. The van der Waals surface area contributed by atoms with Gasteiger partial charge in [0.05, 0.1) is 5.71 Å². The molecule has 0 radical (unpaired) electrons. The lowest BCUT2D eigenvalue weighted by Crippen LogP contribution is -2.19. The Labute approximate surface area is 126 Å². The molecule has 0 aromatic rings. The van der Waals surface area contributed by atoms with Crippen molar-refractivity contribution < 1.29 is 5.21 Å². The Morgan fingerprint density at radius 1 is 0.900 bits per heavy atom. The van der Waals surface area contributed by atoms with E-state index >= 15 is 0 Å². The minimum atomic E-state index is 0.586. The highest BCUT2D eigenvalue weighted by Crippen LogP contribution is 2.26. The third-order valence-electron chi connectivity index (χ3n) is 4.74. The molecule has 0 aliphatic heterocycles. The van der Waals surface area contributed by atoms with Gasteiger partial charge in [0.1, 0.15) is 0 Å². The maximum absolute atomic E-state index is 9.01. The average molecular weight is 281 g/mol. The molecule has 1 rings (SSSR count). The minimum Gasteiger partial charge on any atom is -0.411 e. The summed E-state index contributed by atoms with van der Waals surface area (Å²) in [5.74, 6) is 0.586. The molecule has 0 heterocycles. The van der Waals surface area contributed by atoms with Crippen LogP contribution in [0.2, 0.25) is 0 Å². The number of nitrogens with zero attached hydrogens (tertiary/aromatic N) is 1. The van der Waals surface area contributed by atoms with Crippen LogP contribution in [0.15, 0.2) is 5.16 Å². The van der Waals surface area contributed by atoms with E-state index in [1.54, 1.807) is 0 Å². The van der Waals surface area contributed by atoms with Crippen molar-refractivity contribution in [1.82, 2.24) is 0 Å². The lowest BCUT2D eigenvalue weighted by atomic mass is 9.84. The van der Waals surface area contributed by atoms with Crippen molar-refractivity contribution in [1.29, 1.82) is 0 Å². The SMILES string of the molecule is CCCCCCCCCCCCC1CCCCC1=NO. The Balaban J connectivity index is 1.89. The number of rotatable bonds is 11. The molecular weight excluding hydrogens is 246 g/mol. The van der Waals surface area contributed by atoms with Gasteiger partial charge in [0, 0.05) is 5.92 Å². The summed E-state index contributed by atoms with van der Waals surface area (Å²) in [6, 6.07) is 0. The molecule has 0 spiro atoms. The first-order valence-electron chi connectivity index (χ1n) is 9.09. The second-order valence-corrected chi connectivity index (χ2v) is 6.50. The average Bonchev–Trinajstić information content (AvgIpc) is 2.49. The van der Waals surface area contributed by atoms with E-state index in [9.17, 15) is 0 Å². The van der Waals surface area contributed by atoms with Gasteiger partial charge in [0.25, 0.3) is 0 Å². The Morgan fingerprint density at radius 3 is 2.10 bits per heavy atom. The van der Waals surface area contributed by atoms with Gasteiger partial charge in [-0.3, -0.25) is 0 Å². The molecule has 0 aromatic heterocycles. The van der Waals surface area contributed by atoms with Crippen molar-refractivity contribution in [3.8, 4) is 0 Å². The summed E-state index contributed by atoms with van der Waals surface area (Å²) in [5.41, 5.74) is 1.08. The van der Waals surface area contributed by atoms with Crippen LogP contribution in [0.25, 0.3) is 0 Å². The quantitative estimate of drug-likeness (QED) is 0.268. The van der Waals surface area contributed by atoms with Crippen LogP contribution in [-0.2, 0) is 0 Å². The van der Waals surface area contributed by atoms with Gasteiger partial charge in [-0.15, -0.1) is 0 Å². The normalized spacial score (nSPS) is 21.4. The van der Waals surface area contributed by atoms with Crippen LogP contribution in [-0.4, -0.2) is 10.9 Å². The molecule has 2 heteroatoms. The number of oxime groups is 1. The monoisotopic (exact) mass is 281 g/mol. The summed E-state index contributed by atoms with van der Waals surface area (Å²) in [6.07, 6.45) is 20.0. The molecule has 0 aromatic carbocycles. The summed E-state index contributed by atoms with van der Waals surface area (Å²) < 4.78 is 0. The van der Waals surface area contributed by atoms with E-state index in [1.165, 1.54) is 89.9 Å². The Bertz CT molecular complexity index is 250. The largest absolute Gasteiger partial charge is 0.411 e. The fourth-order valence-electron chi connectivity index (χ4n) is 3.39. The first kappa shape index (κ1) is 17.5. The number of hydrogen-bond donors (Lipinski definition) is 1. The molecule has 1 unspecified atom stereocenters. The number of unbranched alkanes of at least 4 members (excludes halogenated alkanes) is 9. The Hall–Kier alpha value is -0.530. The number of hydrogen-bond acceptors (Lipinski definition) is 2. The predicted octanol–water partition coefficient (Wildman–Crippen LogP) is 6.32. The first-order valence-corrected chi connectivity index (χ1v) is 9.09. The smallest absolute Gasteiger partial charge is 0.0601 e. The second-order valence-electron chi connectivity index (χ2n) is 6.50. The highest BCUT2D eigenvalue weighted by atomic mass is 16.4. The molecule has 0 saturated heterocycles. The van der Waals surface area contributed by atoms with Crippen LogP contribution in [0.5, 0.6) is 0 Å². The summed E-state index contributed by atoms with van der Waals surface area (Å²) in [4.78, 5) is 0. The topological polar surface area (TPSA) is 32.6 Å². The molecule has 1 aliphatic carbocycles. The lowest BCUT2D eigenvalue weighted by molar-refractivity contribution is 0.307. The molecule has 0 amide bonds.